The lowest BCUT2D eigenvalue weighted by Crippen LogP contribution is -2.38. The fourth-order valence-corrected chi connectivity index (χ4v) is 2.85. The van der Waals surface area contributed by atoms with E-state index < -0.39 is 22.9 Å². The highest BCUT2D eigenvalue weighted by atomic mass is 79.9. The van der Waals surface area contributed by atoms with Gasteiger partial charge in [-0.15, -0.1) is 0 Å². The Hall–Kier alpha value is -0.810. The van der Waals surface area contributed by atoms with E-state index >= 15 is 0 Å². The monoisotopic (exact) mass is 303 g/mol. The van der Waals surface area contributed by atoms with Crippen molar-refractivity contribution in [2.75, 3.05) is 0 Å². The largest absolute Gasteiger partial charge is 0.504 e. The molecule has 0 radical (unpaired) electrons. The van der Waals surface area contributed by atoms with Crippen molar-refractivity contribution >= 4 is 15.9 Å². The first-order valence-electron chi connectivity index (χ1n) is 5.65. The number of phenols is 2. The van der Waals surface area contributed by atoms with E-state index in [4.69, 9.17) is 5.73 Å². The van der Waals surface area contributed by atoms with E-state index in [1.165, 1.54) is 6.07 Å². The molecular weight excluding hydrogens is 289 g/mol. The van der Waals surface area contributed by atoms with Gasteiger partial charge in [0.15, 0.2) is 17.3 Å². The van der Waals surface area contributed by atoms with Crippen molar-refractivity contribution in [3.8, 4) is 11.5 Å². The second-order valence-corrected chi connectivity index (χ2v) is 5.49. The molecule has 1 aliphatic rings. The van der Waals surface area contributed by atoms with Crippen molar-refractivity contribution in [3.05, 3.63) is 21.9 Å². The van der Waals surface area contributed by atoms with Crippen LogP contribution in [0, 0.1) is 5.82 Å². The minimum Gasteiger partial charge on any atom is -0.504 e. The molecule has 1 aromatic rings. The molecule has 3 nitrogen and oxygen atoms in total. The van der Waals surface area contributed by atoms with E-state index in [0.29, 0.717) is 5.56 Å². The number of hydrogen-bond acceptors (Lipinski definition) is 3. The first-order chi connectivity index (χ1) is 7.96. The van der Waals surface area contributed by atoms with Gasteiger partial charge in [-0.1, -0.05) is 19.3 Å². The average Bonchev–Trinajstić information content (AvgIpc) is 2.32. The van der Waals surface area contributed by atoms with Crippen LogP contribution in [-0.2, 0) is 5.54 Å². The molecule has 0 bridgehead atoms. The fourth-order valence-electron chi connectivity index (χ4n) is 2.43. The summed E-state index contributed by atoms with van der Waals surface area (Å²) in [7, 11) is 0. The third-order valence-electron chi connectivity index (χ3n) is 3.45. The van der Waals surface area contributed by atoms with E-state index in [9.17, 15) is 14.6 Å². The molecule has 0 aliphatic heterocycles. The van der Waals surface area contributed by atoms with Gasteiger partial charge in [-0.05, 0) is 34.8 Å². The van der Waals surface area contributed by atoms with Crippen LogP contribution in [0.25, 0.3) is 0 Å². The van der Waals surface area contributed by atoms with Crippen molar-refractivity contribution in [2.45, 2.75) is 37.6 Å². The van der Waals surface area contributed by atoms with Gasteiger partial charge in [-0.2, -0.15) is 0 Å². The smallest absolute Gasteiger partial charge is 0.195 e. The third-order valence-corrected chi connectivity index (χ3v) is 4.03. The van der Waals surface area contributed by atoms with Gasteiger partial charge >= 0.3 is 0 Å². The van der Waals surface area contributed by atoms with Crippen LogP contribution in [0.4, 0.5) is 4.39 Å². The molecule has 0 amide bonds. The molecule has 1 aliphatic carbocycles. The van der Waals surface area contributed by atoms with Crippen molar-refractivity contribution < 1.29 is 14.6 Å². The summed E-state index contributed by atoms with van der Waals surface area (Å²) >= 11 is 3.02. The summed E-state index contributed by atoms with van der Waals surface area (Å²) in [5.41, 5.74) is 6.00. The molecule has 0 spiro atoms. The summed E-state index contributed by atoms with van der Waals surface area (Å²) < 4.78 is 13.5. The van der Waals surface area contributed by atoms with Gasteiger partial charge in [0.25, 0.3) is 0 Å². The molecule has 4 N–H and O–H groups in total. The molecular formula is C12H15BrFNO2. The minimum atomic E-state index is -0.856. The molecule has 2 rings (SSSR count). The molecule has 0 heterocycles. The van der Waals surface area contributed by atoms with Crippen LogP contribution in [0.1, 0.15) is 37.7 Å². The molecule has 0 atom stereocenters. The van der Waals surface area contributed by atoms with Crippen molar-refractivity contribution in [2.24, 2.45) is 5.73 Å². The van der Waals surface area contributed by atoms with Crippen LogP contribution in [0.2, 0.25) is 0 Å². The Labute approximate surface area is 108 Å². The molecule has 5 heteroatoms. The van der Waals surface area contributed by atoms with E-state index in [1.807, 2.05) is 0 Å². The minimum absolute atomic E-state index is 0.123. The topological polar surface area (TPSA) is 66.5 Å². The number of hydrogen-bond donors (Lipinski definition) is 3. The van der Waals surface area contributed by atoms with Crippen molar-refractivity contribution in [1.29, 1.82) is 0 Å². The zero-order valence-corrected chi connectivity index (χ0v) is 10.9. The number of rotatable bonds is 1. The molecule has 1 aromatic carbocycles. The second kappa shape index (κ2) is 4.46. The third kappa shape index (κ3) is 2.13. The Morgan fingerprint density at radius 1 is 1.18 bits per heavy atom. The molecule has 1 fully saturated rings. The Morgan fingerprint density at radius 2 is 1.76 bits per heavy atom. The van der Waals surface area contributed by atoms with E-state index in [-0.39, 0.29) is 4.47 Å². The number of nitrogens with two attached hydrogens (primary N) is 1. The standard InChI is InChI=1S/C12H15BrFNO2/c13-8-6-7(10(16)11(17)9(8)14)12(15)4-2-1-3-5-12/h6,16-17H,1-5,15H2. The summed E-state index contributed by atoms with van der Waals surface area (Å²) in [5.74, 6) is -2.02. The average molecular weight is 304 g/mol. The number of benzene rings is 1. The molecule has 1 saturated carbocycles. The van der Waals surface area contributed by atoms with Gasteiger partial charge in [-0.25, -0.2) is 4.39 Å². The Kier molecular flexibility index (Phi) is 3.32. The number of aromatic hydroxyl groups is 2. The van der Waals surface area contributed by atoms with Gasteiger partial charge in [0, 0.05) is 11.1 Å². The Bertz CT molecular complexity index is 445. The molecule has 0 saturated heterocycles. The van der Waals surface area contributed by atoms with E-state index in [2.05, 4.69) is 15.9 Å². The van der Waals surface area contributed by atoms with Gasteiger partial charge in [0.2, 0.25) is 0 Å². The second-order valence-electron chi connectivity index (χ2n) is 4.63. The summed E-state index contributed by atoms with van der Waals surface area (Å²) in [6, 6.07) is 1.47. The van der Waals surface area contributed by atoms with Crippen LogP contribution in [-0.4, -0.2) is 10.2 Å². The maximum absolute atomic E-state index is 13.4. The van der Waals surface area contributed by atoms with E-state index in [0.717, 1.165) is 32.1 Å². The van der Waals surface area contributed by atoms with Gasteiger partial charge in [0.1, 0.15) is 0 Å². The predicted octanol–water partition coefficient (Wildman–Crippen LogP) is 3.12. The van der Waals surface area contributed by atoms with Crippen molar-refractivity contribution in [1.82, 2.24) is 0 Å². The van der Waals surface area contributed by atoms with Crippen LogP contribution >= 0.6 is 15.9 Å². The van der Waals surface area contributed by atoms with Crippen molar-refractivity contribution in [3.63, 3.8) is 0 Å². The Morgan fingerprint density at radius 3 is 2.35 bits per heavy atom. The normalized spacial score (nSPS) is 19.2. The van der Waals surface area contributed by atoms with Crippen LogP contribution in [0.15, 0.2) is 10.5 Å². The summed E-state index contributed by atoms with van der Waals surface area (Å²) in [6.45, 7) is 0. The maximum Gasteiger partial charge on any atom is 0.195 e. The fraction of sp³-hybridized carbons (Fsp3) is 0.500. The molecule has 0 aromatic heterocycles. The highest BCUT2D eigenvalue weighted by molar-refractivity contribution is 9.10. The van der Waals surface area contributed by atoms with Gasteiger partial charge < -0.3 is 15.9 Å². The van der Waals surface area contributed by atoms with Gasteiger partial charge in [0.05, 0.1) is 4.47 Å². The molecule has 17 heavy (non-hydrogen) atoms. The van der Waals surface area contributed by atoms with Crippen LogP contribution in [0.3, 0.4) is 0 Å². The zero-order valence-electron chi connectivity index (χ0n) is 9.34. The molecule has 0 unspecified atom stereocenters. The summed E-state index contributed by atoms with van der Waals surface area (Å²) in [4.78, 5) is 0. The maximum atomic E-state index is 13.4. The predicted molar refractivity (Wildman–Crippen MR) is 66.4 cm³/mol. The van der Waals surface area contributed by atoms with E-state index in [1.54, 1.807) is 0 Å². The zero-order chi connectivity index (χ0) is 12.6. The highest BCUT2D eigenvalue weighted by Gasteiger charge is 2.34. The highest BCUT2D eigenvalue weighted by Crippen LogP contribution is 2.45. The first-order valence-corrected chi connectivity index (χ1v) is 6.44. The first kappa shape index (κ1) is 12.6. The molecule has 94 valence electrons. The summed E-state index contributed by atoms with van der Waals surface area (Å²) in [6.07, 6.45) is 4.54. The number of phenolic OH excluding ortho intramolecular Hbond substituents is 2. The number of halogens is 2. The lowest BCUT2D eigenvalue weighted by atomic mass is 9.77. The van der Waals surface area contributed by atoms with Crippen LogP contribution < -0.4 is 5.73 Å². The Balaban J connectivity index is 2.51. The van der Waals surface area contributed by atoms with Gasteiger partial charge in [-0.3, -0.25) is 0 Å². The SMILES string of the molecule is NC1(c2cc(Br)c(F)c(O)c2O)CCCCC1. The lowest BCUT2D eigenvalue weighted by molar-refractivity contribution is 0.285. The lowest BCUT2D eigenvalue weighted by Gasteiger charge is -2.34. The van der Waals surface area contributed by atoms with Crippen LogP contribution in [0.5, 0.6) is 11.5 Å². The quantitative estimate of drug-likeness (QED) is 0.698. The summed E-state index contributed by atoms with van der Waals surface area (Å²) in [5, 5.41) is 19.3.